The van der Waals surface area contributed by atoms with Gasteiger partial charge in [-0.1, -0.05) is 96.8 Å². The minimum absolute atomic E-state index is 0.133. The molecule has 0 heterocycles. The molecule has 0 unspecified atom stereocenters. The molecule has 0 rings (SSSR count). The normalized spacial score (nSPS) is 11.6. The number of rotatable bonds is 34. The lowest BCUT2D eigenvalue weighted by Gasteiger charge is -2.24. The van der Waals surface area contributed by atoms with Gasteiger partial charge in [0, 0.05) is 20.0 Å². The van der Waals surface area contributed by atoms with Crippen molar-refractivity contribution in [2.45, 2.75) is 136 Å². The number of carbonyl (C=O) groups is 2. The number of likely N-dealkylation sites (N-methyl/N-ethyl adjacent to an activating group) is 1. The minimum atomic E-state index is -0.507. The van der Waals surface area contributed by atoms with E-state index in [4.69, 9.17) is 33.2 Å². The average molecular weight is 662 g/mol. The molecule has 0 saturated carbocycles. The van der Waals surface area contributed by atoms with Gasteiger partial charge in [-0.3, -0.25) is 4.79 Å². The van der Waals surface area contributed by atoms with Gasteiger partial charge >= 0.3 is 12.1 Å². The van der Waals surface area contributed by atoms with Crippen molar-refractivity contribution in [3.8, 4) is 0 Å². The summed E-state index contributed by atoms with van der Waals surface area (Å²) >= 11 is 0. The van der Waals surface area contributed by atoms with Crippen molar-refractivity contribution < 1.29 is 42.7 Å². The van der Waals surface area contributed by atoms with Gasteiger partial charge in [-0.05, 0) is 27.2 Å². The maximum absolute atomic E-state index is 11.9. The molecule has 0 spiro atoms. The van der Waals surface area contributed by atoms with Crippen molar-refractivity contribution in [1.82, 2.24) is 4.90 Å². The number of nitrogens with zero attached hydrogens (tertiary/aromatic N) is 1. The predicted molar refractivity (Wildman–Crippen MR) is 183 cm³/mol. The number of hydrogen-bond acceptors (Lipinski definition) is 9. The van der Waals surface area contributed by atoms with Crippen molar-refractivity contribution in [2.24, 2.45) is 0 Å². The van der Waals surface area contributed by atoms with Crippen LogP contribution in [0.4, 0.5) is 4.79 Å². The minimum Gasteiger partial charge on any atom is -0.463 e. The van der Waals surface area contributed by atoms with E-state index in [0.29, 0.717) is 79.0 Å². The largest absolute Gasteiger partial charge is 0.463 e. The Morgan fingerprint density at radius 1 is 0.500 bits per heavy atom. The first-order valence-electron chi connectivity index (χ1n) is 18.2. The van der Waals surface area contributed by atoms with E-state index in [1.807, 2.05) is 20.8 Å². The summed E-state index contributed by atoms with van der Waals surface area (Å²) in [6.07, 6.45) is 19.9. The van der Waals surface area contributed by atoms with Crippen LogP contribution in [0, 0.1) is 0 Å². The SMILES string of the molecule is CCCCCCCCCCCCCCCCCC(=O)OCCOCCOCCOCCOCCOCCN(C)C(=O)OC(C)(C)C. The van der Waals surface area contributed by atoms with Crippen LogP contribution in [0.25, 0.3) is 0 Å². The molecule has 0 aliphatic heterocycles. The molecule has 0 aliphatic carbocycles. The maximum Gasteiger partial charge on any atom is 0.410 e. The summed E-state index contributed by atoms with van der Waals surface area (Å²) in [5, 5.41) is 0. The van der Waals surface area contributed by atoms with Crippen LogP contribution in [0.1, 0.15) is 130 Å². The second-order valence-corrected chi connectivity index (χ2v) is 12.9. The molecule has 46 heavy (non-hydrogen) atoms. The van der Waals surface area contributed by atoms with E-state index < -0.39 is 5.60 Å². The molecule has 0 fully saturated rings. The van der Waals surface area contributed by atoms with Crippen LogP contribution < -0.4 is 0 Å². The Morgan fingerprint density at radius 3 is 1.24 bits per heavy atom. The Balaban J connectivity index is 3.24. The molecule has 10 nitrogen and oxygen atoms in total. The molecule has 0 aromatic heterocycles. The van der Waals surface area contributed by atoms with E-state index in [2.05, 4.69) is 6.92 Å². The number of carbonyl (C=O) groups excluding carboxylic acids is 2. The molecule has 274 valence electrons. The molecule has 0 aromatic rings. The lowest BCUT2D eigenvalue weighted by Crippen LogP contribution is -2.36. The van der Waals surface area contributed by atoms with Gasteiger partial charge in [0.1, 0.15) is 12.2 Å². The Bertz CT molecular complexity index is 672. The summed E-state index contributed by atoms with van der Waals surface area (Å²) in [6.45, 7) is 13.1. The van der Waals surface area contributed by atoms with Crippen LogP contribution in [0.3, 0.4) is 0 Å². The van der Waals surface area contributed by atoms with Crippen molar-refractivity contribution in [2.75, 3.05) is 86.3 Å². The summed E-state index contributed by atoms with van der Waals surface area (Å²) in [7, 11) is 1.68. The summed E-state index contributed by atoms with van der Waals surface area (Å²) in [5.74, 6) is -0.133. The van der Waals surface area contributed by atoms with Gasteiger partial charge in [0.25, 0.3) is 0 Å². The molecule has 0 aromatic carbocycles. The second kappa shape index (κ2) is 33.4. The smallest absolute Gasteiger partial charge is 0.410 e. The molecule has 1 amide bonds. The number of hydrogen-bond donors (Lipinski definition) is 0. The summed E-state index contributed by atoms with van der Waals surface area (Å²) in [4.78, 5) is 25.2. The van der Waals surface area contributed by atoms with Crippen LogP contribution in [0.5, 0.6) is 0 Å². The predicted octanol–water partition coefficient (Wildman–Crippen LogP) is 7.74. The third kappa shape index (κ3) is 35.4. The topological polar surface area (TPSA) is 102 Å². The highest BCUT2D eigenvalue weighted by Gasteiger charge is 2.19. The van der Waals surface area contributed by atoms with Gasteiger partial charge < -0.3 is 38.1 Å². The highest BCUT2D eigenvalue weighted by molar-refractivity contribution is 5.69. The summed E-state index contributed by atoms with van der Waals surface area (Å²) in [5.41, 5.74) is -0.507. The number of ether oxygens (including phenoxy) is 7. The molecule has 0 N–H and O–H groups in total. The first-order valence-corrected chi connectivity index (χ1v) is 18.2. The molecular formula is C36H71NO9. The first-order chi connectivity index (χ1) is 22.3. The van der Waals surface area contributed by atoms with Crippen molar-refractivity contribution in [1.29, 1.82) is 0 Å². The number of unbranched alkanes of at least 4 members (excludes halogenated alkanes) is 14. The maximum atomic E-state index is 11.9. The monoisotopic (exact) mass is 662 g/mol. The molecule has 0 bridgehead atoms. The third-order valence-electron chi connectivity index (χ3n) is 7.24. The molecule has 0 radical (unpaired) electrons. The van der Waals surface area contributed by atoms with Gasteiger partial charge in [-0.25, -0.2) is 4.79 Å². The van der Waals surface area contributed by atoms with Crippen molar-refractivity contribution in [3.05, 3.63) is 0 Å². The van der Waals surface area contributed by atoms with E-state index in [0.717, 1.165) is 12.8 Å². The van der Waals surface area contributed by atoms with E-state index in [9.17, 15) is 9.59 Å². The highest BCUT2D eigenvalue weighted by Crippen LogP contribution is 2.14. The van der Waals surface area contributed by atoms with Crippen molar-refractivity contribution >= 4 is 12.1 Å². The van der Waals surface area contributed by atoms with Gasteiger partial charge in [0.05, 0.1) is 66.1 Å². The Labute approximate surface area is 281 Å². The van der Waals surface area contributed by atoms with E-state index in [-0.39, 0.29) is 18.7 Å². The fourth-order valence-corrected chi connectivity index (χ4v) is 4.54. The summed E-state index contributed by atoms with van der Waals surface area (Å²) in [6, 6.07) is 0. The average Bonchev–Trinajstić information content (AvgIpc) is 3.01. The standard InChI is InChI=1S/C36H71NO9/c1-6-7-8-9-10-11-12-13-14-15-16-17-18-19-20-21-34(38)45-33-32-44-31-30-43-29-28-42-27-26-41-25-24-40-23-22-37(5)35(39)46-36(2,3)4/h6-33H2,1-5H3. The fourth-order valence-electron chi connectivity index (χ4n) is 4.54. The highest BCUT2D eigenvalue weighted by atomic mass is 16.6. The molecular weight excluding hydrogens is 590 g/mol. The van der Waals surface area contributed by atoms with Gasteiger partial charge in [0.15, 0.2) is 0 Å². The van der Waals surface area contributed by atoms with E-state index >= 15 is 0 Å². The van der Waals surface area contributed by atoms with E-state index in [1.165, 1.54) is 88.4 Å². The Kier molecular flexibility index (Phi) is 32.4. The first kappa shape index (κ1) is 44.5. The third-order valence-corrected chi connectivity index (χ3v) is 7.24. The quantitative estimate of drug-likeness (QED) is 0.0506. The fraction of sp³-hybridized carbons (Fsp3) is 0.944. The van der Waals surface area contributed by atoms with Gasteiger partial charge in [-0.15, -0.1) is 0 Å². The Hall–Kier alpha value is -1.46. The molecule has 0 saturated heterocycles. The van der Waals surface area contributed by atoms with Crippen LogP contribution in [-0.4, -0.2) is 109 Å². The molecule has 0 atom stereocenters. The summed E-state index contributed by atoms with van der Waals surface area (Å²) < 4.78 is 37.9. The zero-order valence-electron chi connectivity index (χ0n) is 30.4. The zero-order chi connectivity index (χ0) is 34.0. The molecule has 10 heteroatoms. The van der Waals surface area contributed by atoms with E-state index in [1.54, 1.807) is 7.05 Å². The van der Waals surface area contributed by atoms with Gasteiger partial charge in [0.2, 0.25) is 0 Å². The Morgan fingerprint density at radius 2 is 0.848 bits per heavy atom. The van der Waals surface area contributed by atoms with Crippen LogP contribution in [0.15, 0.2) is 0 Å². The van der Waals surface area contributed by atoms with Crippen LogP contribution in [0.2, 0.25) is 0 Å². The van der Waals surface area contributed by atoms with Crippen LogP contribution >= 0.6 is 0 Å². The lowest BCUT2D eigenvalue weighted by atomic mass is 10.0. The van der Waals surface area contributed by atoms with Crippen LogP contribution in [-0.2, 0) is 38.0 Å². The second-order valence-electron chi connectivity index (χ2n) is 12.9. The lowest BCUT2D eigenvalue weighted by molar-refractivity contribution is -0.145. The molecule has 0 aliphatic rings. The van der Waals surface area contributed by atoms with Gasteiger partial charge in [-0.2, -0.15) is 0 Å². The number of amides is 1. The zero-order valence-corrected chi connectivity index (χ0v) is 30.4. The van der Waals surface area contributed by atoms with Crippen molar-refractivity contribution in [3.63, 3.8) is 0 Å². The number of esters is 1.